The van der Waals surface area contributed by atoms with E-state index in [0.29, 0.717) is 16.6 Å². The van der Waals surface area contributed by atoms with Crippen LogP contribution in [0.15, 0.2) is 87.9 Å². The molecule has 1 N–H and O–H groups in total. The van der Waals surface area contributed by atoms with Gasteiger partial charge in [0.25, 0.3) is 0 Å². The number of thiocarbonyl (C=S) groups is 1. The van der Waals surface area contributed by atoms with Crippen molar-refractivity contribution in [3.8, 4) is 22.8 Å². The molecule has 0 spiro atoms. The van der Waals surface area contributed by atoms with E-state index in [1.807, 2.05) is 77.7 Å². The van der Waals surface area contributed by atoms with E-state index in [1.165, 1.54) is 0 Å². The zero-order valence-electron chi connectivity index (χ0n) is 18.6. The van der Waals surface area contributed by atoms with Gasteiger partial charge >= 0.3 is 0 Å². The first-order chi connectivity index (χ1) is 16.6. The van der Waals surface area contributed by atoms with Gasteiger partial charge in [0.2, 0.25) is 0 Å². The maximum Gasteiger partial charge on any atom is 0.174 e. The predicted octanol–water partition coefficient (Wildman–Crippen LogP) is 6.30. The number of nitrogens with zero attached hydrogens (tertiary/aromatic N) is 2. The van der Waals surface area contributed by atoms with Crippen molar-refractivity contribution in [3.05, 3.63) is 94.9 Å². The fraction of sp³-hybridized carbons (Fsp3) is 0.154. The van der Waals surface area contributed by atoms with Gasteiger partial charge in [0.05, 0.1) is 31.6 Å². The average Bonchev–Trinajstić information content (AvgIpc) is 3.49. The molecular formula is C26H22BrN3O3S. The van der Waals surface area contributed by atoms with Crippen LogP contribution in [0.4, 0.5) is 5.69 Å². The average molecular weight is 536 g/mol. The molecule has 0 saturated carbocycles. The molecular weight excluding hydrogens is 514 g/mol. The van der Waals surface area contributed by atoms with Gasteiger partial charge in [-0.1, -0.05) is 34.1 Å². The van der Waals surface area contributed by atoms with Crippen LogP contribution in [0.3, 0.4) is 0 Å². The quantitative estimate of drug-likeness (QED) is 0.290. The highest BCUT2D eigenvalue weighted by Gasteiger charge is 2.43. The lowest BCUT2D eigenvalue weighted by molar-refractivity contribution is 0.392. The second-order valence-electron chi connectivity index (χ2n) is 7.74. The highest BCUT2D eigenvalue weighted by molar-refractivity contribution is 9.10. The van der Waals surface area contributed by atoms with E-state index in [2.05, 4.69) is 26.2 Å². The van der Waals surface area contributed by atoms with Crippen molar-refractivity contribution in [2.24, 2.45) is 0 Å². The van der Waals surface area contributed by atoms with Crippen molar-refractivity contribution in [3.63, 3.8) is 0 Å². The van der Waals surface area contributed by atoms with E-state index in [0.717, 1.165) is 32.9 Å². The Morgan fingerprint density at radius 3 is 2.53 bits per heavy atom. The van der Waals surface area contributed by atoms with E-state index in [4.69, 9.17) is 26.1 Å². The minimum absolute atomic E-state index is 0.218. The number of methoxy groups -OCH3 is 2. The molecule has 6 nitrogen and oxygen atoms in total. The van der Waals surface area contributed by atoms with Gasteiger partial charge < -0.3 is 24.1 Å². The van der Waals surface area contributed by atoms with E-state index >= 15 is 0 Å². The van der Waals surface area contributed by atoms with Crippen molar-refractivity contribution < 1.29 is 13.9 Å². The second-order valence-corrected chi connectivity index (χ2v) is 9.05. The molecule has 5 rings (SSSR count). The van der Waals surface area contributed by atoms with Crippen LogP contribution in [-0.4, -0.2) is 24.3 Å². The number of rotatable bonds is 6. The van der Waals surface area contributed by atoms with Gasteiger partial charge in [-0.05, 0) is 60.7 Å². The Bertz CT molecular complexity index is 1310. The third-order valence-corrected chi connectivity index (χ3v) is 6.63. The summed E-state index contributed by atoms with van der Waals surface area (Å²) in [7, 11) is 3.26. The monoisotopic (exact) mass is 535 g/mol. The molecule has 2 aromatic heterocycles. The molecule has 172 valence electrons. The van der Waals surface area contributed by atoms with Crippen LogP contribution >= 0.6 is 28.1 Å². The molecule has 1 aliphatic heterocycles. The number of pyridine rings is 1. The molecule has 0 aliphatic carbocycles. The summed E-state index contributed by atoms with van der Waals surface area (Å²) >= 11 is 9.30. The minimum atomic E-state index is -0.283. The van der Waals surface area contributed by atoms with Crippen LogP contribution in [0.5, 0.6) is 11.5 Å². The summed E-state index contributed by atoms with van der Waals surface area (Å²) in [6.45, 7) is 0. The standard InChI is InChI=1S/C26H22BrN3O3S/c1-31-18-10-11-20(23(15-18)32-2)30-25(24(29-26(30)34)19-5-3-4-14-28-19)22-13-12-21(33-22)16-6-8-17(27)9-7-16/h3-15,24-25H,1-2H3,(H,29,34)/t24-,25-/m1/s1. The van der Waals surface area contributed by atoms with Crippen LogP contribution in [0.25, 0.3) is 11.3 Å². The minimum Gasteiger partial charge on any atom is -0.497 e. The molecule has 34 heavy (non-hydrogen) atoms. The lowest BCUT2D eigenvalue weighted by Crippen LogP contribution is -2.29. The topological polar surface area (TPSA) is 59.8 Å². The summed E-state index contributed by atoms with van der Waals surface area (Å²) in [6, 6.07) is 23.0. The molecule has 8 heteroatoms. The number of hydrogen-bond donors (Lipinski definition) is 1. The molecule has 1 aliphatic rings. The first kappa shape index (κ1) is 22.4. The fourth-order valence-corrected chi connectivity index (χ4v) is 4.77. The number of hydrogen-bond acceptors (Lipinski definition) is 5. The largest absolute Gasteiger partial charge is 0.497 e. The van der Waals surface area contributed by atoms with Gasteiger partial charge in [-0.3, -0.25) is 4.98 Å². The molecule has 2 aromatic carbocycles. The highest BCUT2D eigenvalue weighted by Crippen LogP contribution is 2.46. The van der Waals surface area contributed by atoms with E-state index in [-0.39, 0.29) is 12.1 Å². The van der Waals surface area contributed by atoms with Crippen molar-refractivity contribution in [2.75, 3.05) is 19.1 Å². The Balaban J connectivity index is 1.62. The molecule has 0 amide bonds. The second kappa shape index (κ2) is 9.48. The van der Waals surface area contributed by atoms with Gasteiger partial charge in [-0.2, -0.15) is 0 Å². The Morgan fingerprint density at radius 2 is 1.82 bits per heavy atom. The summed E-state index contributed by atoms with van der Waals surface area (Å²) in [5, 5.41) is 4.01. The Morgan fingerprint density at radius 1 is 1.00 bits per heavy atom. The molecule has 0 bridgehead atoms. The van der Waals surface area contributed by atoms with Gasteiger partial charge in [0.1, 0.15) is 29.1 Å². The zero-order chi connectivity index (χ0) is 23.7. The number of furan rings is 1. The van der Waals surface area contributed by atoms with Gasteiger partial charge in [0, 0.05) is 22.3 Å². The highest BCUT2D eigenvalue weighted by atomic mass is 79.9. The van der Waals surface area contributed by atoms with Gasteiger partial charge in [0.15, 0.2) is 5.11 Å². The first-order valence-electron chi connectivity index (χ1n) is 10.7. The van der Waals surface area contributed by atoms with E-state index in [1.54, 1.807) is 20.4 Å². The molecule has 3 heterocycles. The van der Waals surface area contributed by atoms with Gasteiger partial charge in [-0.25, -0.2) is 0 Å². The van der Waals surface area contributed by atoms with Crippen molar-refractivity contribution in [1.82, 2.24) is 10.3 Å². The first-order valence-corrected chi connectivity index (χ1v) is 11.9. The van der Waals surface area contributed by atoms with E-state index < -0.39 is 0 Å². The molecule has 1 fully saturated rings. The van der Waals surface area contributed by atoms with Crippen molar-refractivity contribution >= 4 is 38.9 Å². The summed E-state index contributed by atoms with van der Waals surface area (Å²) in [5.74, 6) is 2.89. The summed E-state index contributed by atoms with van der Waals surface area (Å²) in [6.07, 6.45) is 1.78. The maximum atomic E-state index is 6.41. The number of halogens is 1. The van der Waals surface area contributed by atoms with Crippen molar-refractivity contribution in [1.29, 1.82) is 0 Å². The number of ether oxygens (including phenoxy) is 2. The third-order valence-electron chi connectivity index (χ3n) is 5.79. The molecule has 0 radical (unpaired) electrons. The van der Waals surface area contributed by atoms with E-state index in [9.17, 15) is 0 Å². The molecule has 1 saturated heterocycles. The Labute approximate surface area is 211 Å². The summed E-state index contributed by atoms with van der Waals surface area (Å²) in [4.78, 5) is 6.62. The van der Waals surface area contributed by atoms with Crippen LogP contribution in [0.1, 0.15) is 23.5 Å². The number of nitrogens with one attached hydrogen (secondary N) is 1. The lowest BCUT2D eigenvalue weighted by atomic mass is 10.0. The normalized spacial score (nSPS) is 17.5. The third kappa shape index (κ3) is 4.15. The number of aromatic nitrogens is 1. The SMILES string of the molecule is COc1ccc(N2C(=S)N[C@H](c3ccccn3)[C@H]2c2ccc(-c3ccc(Br)cc3)o2)c(OC)c1. The summed E-state index contributed by atoms with van der Waals surface area (Å²) < 4.78 is 18.5. The van der Waals surface area contributed by atoms with Crippen LogP contribution < -0.4 is 19.7 Å². The van der Waals surface area contributed by atoms with Crippen LogP contribution in [0, 0.1) is 0 Å². The lowest BCUT2D eigenvalue weighted by Gasteiger charge is -2.27. The number of anilines is 1. The fourth-order valence-electron chi connectivity index (χ4n) is 4.17. The molecule has 0 unspecified atom stereocenters. The molecule has 2 atom stereocenters. The predicted molar refractivity (Wildman–Crippen MR) is 139 cm³/mol. The Kier molecular flexibility index (Phi) is 6.26. The molecule has 4 aromatic rings. The number of benzene rings is 2. The van der Waals surface area contributed by atoms with Crippen molar-refractivity contribution in [2.45, 2.75) is 12.1 Å². The zero-order valence-corrected chi connectivity index (χ0v) is 21.0. The summed E-state index contributed by atoms with van der Waals surface area (Å²) in [5.41, 5.74) is 2.67. The van der Waals surface area contributed by atoms with Crippen LogP contribution in [0.2, 0.25) is 0 Å². The van der Waals surface area contributed by atoms with Gasteiger partial charge in [-0.15, -0.1) is 0 Å². The maximum absolute atomic E-state index is 6.41. The van der Waals surface area contributed by atoms with Crippen LogP contribution in [-0.2, 0) is 0 Å². The smallest absolute Gasteiger partial charge is 0.174 e. The Hall–Kier alpha value is -3.36.